The fourth-order valence-electron chi connectivity index (χ4n) is 2.20. The number of ether oxygens (including phenoxy) is 1. The number of non-ortho nitro benzene ring substituents is 1. The third-order valence-electron chi connectivity index (χ3n) is 3.65. The van der Waals surface area contributed by atoms with E-state index in [1.165, 1.54) is 19.2 Å². The van der Waals surface area contributed by atoms with Gasteiger partial charge >= 0.3 is 0 Å². The average Bonchev–Trinajstić information content (AvgIpc) is 2.75. The molecule has 0 aromatic heterocycles. The lowest BCUT2D eigenvalue weighted by molar-refractivity contribution is -0.560. The molecule has 110 valence electrons. The quantitative estimate of drug-likeness (QED) is 0.357. The Morgan fingerprint density at radius 2 is 2.10 bits per heavy atom. The van der Waals surface area contributed by atoms with Crippen LogP contribution in [0.2, 0.25) is 5.82 Å². The molecule has 0 saturated carbocycles. The summed E-state index contributed by atoms with van der Waals surface area (Å²) in [6.45, 7) is 1.93. The molecule has 1 aliphatic heterocycles. The normalized spacial score (nSPS) is 23.4. The molecule has 2 rings (SSSR count). The number of hydrazone groups is 1. The van der Waals surface area contributed by atoms with Crippen LogP contribution in [0, 0.1) is 10.1 Å². The highest BCUT2D eigenvalue weighted by Crippen LogP contribution is 2.24. The Morgan fingerprint density at radius 1 is 1.48 bits per heavy atom. The van der Waals surface area contributed by atoms with E-state index in [1.807, 2.05) is 25.2 Å². The van der Waals surface area contributed by atoms with Crippen molar-refractivity contribution in [2.75, 3.05) is 14.2 Å². The van der Waals surface area contributed by atoms with Crippen molar-refractivity contribution in [1.29, 1.82) is 0 Å². The summed E-state index contributed by atoms with van der Waals surface area (Å²) in [5.74, 6) is -0.622. The lowest BCUT2D eigenvalue weighted by Crippen LogP contribution is -2.31. The van der Waals surface area contributed by atoms with Gasteiger partial charge in [0.2, 0.25) is 0 Å². The molecule has 0 amide bonds. The Kier molecular flexibility index (Phi) is 4.25. The fourth-order valence-corrected chi connectivity index (χ4v) is 2.20. The molecule has 0 unspecified atom stereocenters. The fraction of sp³-hybridized carbons (Fsp3) is 0.385. The van der Waals surface area contributed by atoms with Gasteiger partial charge in [-0.2, -0.15) is 0 Å². The summed E-state index contributed by atoms with van der Waals surface area (Å²) in [5, 5.41) is 12.5. The van der Waals surface area contributed by atoms with E-state index in [0.717, 1.165) is 5.56 Å². The monoisotopic (exact) mass is 289 g/mol. The number of benzene rings is 1. The molecule has 7 nitrogen and oxygen atoms in total. The van der Waals surface area contributed by atoms with E-state index in [9.17, 15) is 14.9 Å². The highest BCUT2D eigenvalue weighted by molar-refractivity contribution is 6.37. The minimum absolute atomic E-state index is 0.0215. The largest absolute Gasteiger partial charge is 0.471 e. The molecule has 1 saturated heterocycles. The van der Waals surface area contributed by atoms with E-state index in [2.05, 4.69) is 0 Å². The van der Waals surface area contributed by atoms with Crippen molar-refractivity contribution in [2.24, 2.45) is 0 Å². The zero-order valence-corrected chi connectivity index (χ0v) is 12.1. The van der Waals surface area contributed by atoms with Gasteiger partial charge in [-0.15, -0.1) is 0 Å². The summed E-state index contributed by atoms with van der Waals surface area (Å²) in [7, 11) is 5.01. The number of nitro groups is 1. The molecule has 0 bridgehead atoms. The predicted molar refractivity (Wildman–Crippen MR) is 77.3 cm³/mol. The molecule has 0 aliphatic carbocycles. The second-order valence-corrected chi connectivity index (χ2v) is 4.87. The van der Waals surface area contributed by atoms with E-state index in [0.29, 0.717) is 0 Å². The molecule has 1 heterocycles. The van der Waals surface area contributed by atoms with Crippen molar-refractivity contribution in [3.63, 3.8) is 0 Å². The smallest absolute Gasteiger partial charge is 0.276 e. The van der Waals surface area contributed by atoms with Crippen LogP contribution in [-0.4, -0.2) is 54.3 Å². The Bertz CT molecular complexity index is 588. The maximum Gasteiger partial charge on any atom is 0.276 e. The molecule has 1 aromatic carbocycles. The molecule has 0 N–H and O–H groups in total. The van der Waals surface area contributed by atoms with E-state index >= 15 is 0 Å². The van der Waals surface area contributed by atoms with E-state index in [4.69, 9.17) is 4.74 Å². The van der Waals surface area contributed by atoms with Crippen molar-refractivity contribution in [1.82, 2.24) is 5.01 Å². The molecule has 1 fully saturated rings. The van der Waals surface area contributed by atoms with Crippen LogP contribution >= 0.6 is 0 Å². The third-order valence-corrected chi connectivity index (χ3v) is 3.65. The molecule has 2 atom stereocenters. The van der Waals surface area contributed by atoms with Crippen LogP contribution < -0.4 is 0 Å². The molecule has 2 radical (unpaired) electrons. The van der Waals surface area contributed by atoms with Crippen LogP contribution in [-0.2, 0) is 9.53 Å². The maximum atomic E-state index is 11.7. The van der Waals surface area contributed by atoms with Crippen LogP contribution in [0.3, 0.4) is 0 Å². The number of esters is 1. The van der Waals surface area contributed by atoms with Gasteiger partial charge in [0.25, 0.3) is 11.7 Å². The van der Waals surface area contributed by atoms with Gasteiger partial charge in [0, 0.05) is 17.7 Å². The Balaban J connectivity index is 2.21. The summed E-state index contributed by atoms with van der Waals surface area (Å²) >= 11 is 0. The first-order valence-electron chi connectivity index (χ1n) is 6.47. The van der Waals surface area contributed by atoms with Gasteiger partial charge in [0.15, 0.2) is 0 Å². The zero-order valence-electron chi connectivity index (χ0n) is 12.1. The number of nitrogens with zero attached hydrogens (tertiary/aromatic N) is 3. The molecular formula is C13H16BN3O4. The minimum atomic E-state index is -0.437. The number of rotatable bonds is 3. The molecule has 8 heteroatoms. The lowest BCUT2D eigenvalue weighted by Gasteiger charge is -2.22. The first-order chi connectivity index (χ1) is 9.93. The molecule has 1 aromatic rings. The standard InChI is InChI=1S/C13H16BN3O4/c1-9-12(13(18)21-3)14-16(15(9)2)8-10-4-6-11(7-5-10)17(19)20/h4-9,12H,1-3H3/b16-8+/t9-,12+/m1/s1. The summed E-state index contributed by atoms with van der Waals surface area (Å²) in [6.07, 6.45) is 1.81. The van der Waals surface area contributed by atoms with Gasteiger partial charge in [0.05, 0.1) is 25.1 Å². The van der Waals surface area contributed by atoms with Crippen LogP contribution in [0.15, 0.2) is 24.3 Å². The number of hydrogen-bond donors (Lipinski definition) is 0. The number of carbonyl (C=O) groups excluding carboxylic acids is 1. The highest BCUT2D eigenvalue weighted by atomic mass is 16.6. The maximum absolute atomic E-state index is 11.7. The molecule has 21 heavy (non-hydrogen) atoms. The number of methoxy groups -OCH3 is 1. The second kappa shape index (κ2) is 5.95. The number of nitro benzene ring substituents is 1. The van der Waals surface area contributed by atoms with E-state index < -0.39 is 4.92 Å². The van der Waals surface area contributed by atoms with Gasteiger partial charge in [0.1, 0.15) is 13.6 Å². The van der Waals surface area contributed by atoms with E-state index in [-0.39, 0.29) is 23.5 Å². The number of carbonyl (C=O) groups is 1. The SMILES string of the molecule is COC(=O)[C@H]1[B-]/[N+](=C\c2ccc([N+](=O)[O-])cc2)N(C)[C@@H]1C. The zero-order chi connectivity index (χ0) is 15.6. The Hall–Kier alpha value is -2.38. The molecular weight excluding hydrogens is 273 g/mol. The highest BCUT2D eigenvalue weighted by Gasteiger charge is 2.34. The van der Waals surface area contributed by atoms with Crippen LogP contribution in [0.5, 0.6) is 0 Å². The molecule has 1 aliphatic rings. The van der Waals surface area contributed by atoms with Crippen molar-refractivity contribution in [2.45, 2.75) is 18.8 Å². The van der Waals surface area contributed by atoms with Gasteiger partial charge in [-0.3, -0.25) is 14.9 Å². The first kappa shape index (κ1) is 15.0. The van der Waals surface area contributed by atoms with Gasteiger partial charge in [-0.1, -0.05) is 0 Å². The van der Waals surface area contributed by atoms with Gasteiger partial charge in [-0.05, 0) is 24.9 Å². The van der Waals surface area contributed by atoms with Crippen LogP contribution in [0.4, 0.5) is 5.69 Å². The summed E-state index contributed by atoms with van der Waals surface area (Å²) in [6, 6.07) is 6.20. The summed E-state index contributed by atoms with van der Waals surface area (Å²) < 4.78 is 6.58. The summed E-state index contributed by atoms with van der Waals surface area (Å²) in [4.78, 5) is 21.9. The molecule has 0 spiro atoms. The number of hydrogen-bond acceptors (Lipinski definition) is 5. The minimum Gasteiger partial charge on any atom is -0.471 e. The lowest BCUT2D eigenvalue weighted by atomic mass is 9.74. The predicted octanol–water partition coefficient (Wildman–Crippen LogP) is 0.856. The van der Waals surface area contributed by atoms with Crippen LogP contribution in [0.25, 0.3) is 0 Å². The van der Waals surface area contributed by atoms with Gasteiger partial charge in [-0.25, -0.2) is 5.01 Å². The second-order valence-electron chi connectivity index (χ2n) is 4.87. The van der Waals surface area contributed by atoms with Crippen molar-refractivity contribution in [3.05, 3.63) is 39.9 Å². The summed E-state index contributed by atoms with van der Waals surface area (Å²) in [5.41, 5.74) is 0.855. The van der Waals surface area contributed by atoms with Crippen LogP contribution in [0.1, 0.15) is 12.5 Å². The van der Waals surface area contributed by atoms with Crippen molar-refractivity contribution >= 4 is 25.3 Å². The topological polar surface area (TPSA) is 75.7 Å². The van der Waals surface area contributed by atoms with Gasteiger partial charge < -0.3 is 9.33 Å². The van der Waals surface area contributed by atoms with E-state index in [1.54, 1.807) is 24.1 Å². The number of hydrazine groups is 1. The Labute approximate surface area is 123 Å². The third kappa shape index (κ3) is 3.04. The van der Waals surface area contributed by atoms with Crippen molar-refractivity contribution < 1.29 is 19.1 Å². The van der Waals surface area contributed by atoms with Crippen molar-refractivity contribution in [3.8, 4) is 0 Å². The first-order valence-corrected chi connectivity index (χ1v) is 6.47. The average molecular weight is 289 g/mol. The Morgan fingerprint density at radius 3 is 2.62 bits per heavy atom.